The first-order valence-corrected chi connectivity index (χ1v) is 8.55. The molecule has 0 aliphatic carbocycles. The van der Waals surface area contributed by atoms with Crippen molar-refractivity contribution in [1.82, 2.24) is 0 Å². The minimum atomic E-state index is -0.00884. The maximum atomic E-state index is 6.36. The van der Waals surface area contributed by atoms with Crippen molar-refractivity contribution in [2.45, 2.75) is 84.0 Å². The molecule has 0 aromatic rings. The van der Waals surface area contributed by atoms with Gasteiger partial charge in [-0.05, 0) is 32.1 Å². The monoisotopic (exact) mass is 284 g/mol. The Labute approximate surface area is 124 Å². The highest BCUT2D eigenvalue weighted by atomic mass is 16.6. The van der Waals surface area contributed by atoms with Gasteiger partial charge in [0, 0.05) is 12.0 Å². The van der Waals surface area contributed by atoms with Crippen LogP contribution in [0, 0.1) is 5.41 Å². The summed E-state index contributed by atoms with van der Waals surface area (Å²) >= 11 is 0. The molecular weight excluding hydrogens is 252 g/mol. The summed E-state index contributed by atoms with van der Waals surface area (Å²) < 4.78 is 18.0. The second-order valence-corrected chi connectivity index (χ2v) is 6.38. The molecule has 0 N–H and O–H groups in total. The van der Waals surface area contributed by atoms with Crippen molar-refractivity contribution in [1.29, 1.82) is 0 Å². The third kappa shape index (κ3) is 2.77. The first kappa shape index (κ1) is 16.3. The van der Waals surface area contributed by atoms with Crippen molar-refractivity contribution >= 4 is 0 Å². The van der Waals surface area contributed by atoms with Crippen molar-refractivity contribution < 1.29 is 14.2 Å². The molecule has 20 heavy (non-hydrogen) atoms. The lowest BCUT2D eigenvalue weighted by Gasteiger charge is -2.57. The van der Waals surface area contributed by atoms with E-state index in [1.54, 1.807) is 0 Å². The van der Waals surface area contributed by atoms with E-state index in [9.17, 15) is 0 Å². The van der Waals surface area contributed by atoms with Gasteiger partial charge in [0.2, 0.25) is 0 Å². The number of ether oxygens (including phenoxy) is 3. The molecule has 3 heteroatoms. The molecule has 0 saturated carbocycles. The van der Waals surface area contributed by atoms with Crippen LogP contribution in [0.5, 0.6) is 0 Å². The number of hydrogen-bond donors (Lipinski definition) is 0. The summed E-state index contributed by atoms with van der Waals surface area (Å²) in [4.78, 5) is 0. The summed E-state index contributed by atoms with van der Waals surface area (Å²) in [6, 6.07) is 0. The Morgan fingerprint density at radius 1 is 1.10 bits per heavy atom. The quantitative estimate of drug-likeness (QED) is 0.632. The molecule has 2 fully saturated rings. The molecule has 3 nitrogen and oxygen atoms in total. The predicted octanol–water partition coefficient (Wildman–Crippen LogP) is 3.95. The Morgan fingerprint density at radius 2 is 1.80 bits per heavy atom. The molecule has 2 saturated heterocycles. The van der Waals surface area contributed by atoms with Crippen LogP contribution in [0.4, 0.5) is 0 Å². The van der Waals surface area contributed by atoms with Gasteiger partial charge in [0.1, 0.15) is 6.10 Å². The van der Waals surface area contributed by atoms with Gasteiger partial charge in [0.25, 0.3) is 0 Å². The standard InChI is InChI=1S/C17H32O3/c1-5-10-16(6-2)15(19-13-14-12-18-14)9-11-20-17(16,7-3)8-4/h14-15H,5-13H2,1-4H3. The Kier molecular flexibility index (Phi) is 5.49. The highest BCUT2D eigenvalue weighted by Gasteiger charge is 2.56. The normalized spacial score (nSPS) is 36.0. The second-order valence-electron chi connectivity index (χ2n) is 6.38. The number of epoxide rings is 1. The van der Waals surface area contributed by atoms with Crippen molar-refractivity contribution in [3.63, 3.8) is 0 Å². The zero-order chi connectivity index (χ0) is 14.6. The summed E-state index contributed by atoms with van der Waals surface area (Å²) in [5.74, 6) is 0. The van der Waals surface area contributed by atoms with Gasteiger partial charge >= 0.3 is 0 Å². The molecule has 2 aliphatic rings. The Hall–Kier alpha value is -0.120. The molecule has 0 radical (unpaired) electrons. The maximum absolute atomic E-state index is 6.36. The van der Waals surface area contributed by atoms with E-state index in [2.05, 4.69) is 27.7 Å². The summed E-state index contributed by atoms with van der Waals surface area (Å²) in [6.45, 7) is 11.6. The van der Waals surface area contributed by atoms with Crippen molar-refractivity contribution in [2.75, 3.05) is 19.8 Å². The minimum absolute atomic E-state index is 0.00884. The van der Waals surface area contributed by atoms with Crippen LogP contribution in [0.15, 0.2) is 0 Å². The van der Waals surface area contributed by atoms with Crippen LogP contribution in [0.2, 0.25) is 0 Å². The molecule has 3 unspecified atom stereocenters. The van der Waals surface area contributed by atoms with Crippen LogP contribution in [-0.4, -0.2) is 37.6 Å². The van der Waals surface area contributed by atoms with Gasteiger partial charge in [-0.15, -0.1) is 0 Å². The summed E-state index contributed by atoms with van der Waals surface area (Å²) in [5, 5.41) is 0. The molecule has 0 aromatic heterocycles. The van der Waals surface area contributed by atoms with Gasteiger partial charge in [0.05, 0.1) is 24.9 Å². The van der Waals surface area contributed by atoms with Gasteiger partial charge in [-0.25, -0.2) is 0 Å². The van der Waals surface area contributed by atoms with E-state index < -0.39 is 0 Å². The molecular formula is C17H32O3. The van der Waals surface area contributed by atoms with E-state index >= 15 is 0 Å². The average molecular weight is 284 g/mol. The molecule has 118 valence electrons. The molecule has 0 spiro atoms. The van der Waals surface area contributed by atoms with Gasteiger partial charge in [0.15, 0.2) is 0 Å². The van der Waals surface area contributed by atoms with Crippen LogP contribution >= 0.6 is 0 Å². The SMILES string of the molecule is CCCC1(CC)C(OCC2CO2)CCOC1(CC)CC. The van der Waals surface area contributed by atoms with E-state index in [-0.39, 0.29) is 11.0 Å². The third-order valence-electron chi connectivity index (χ3n) is 5.64. The van der Waals surface area contributed by atoms with Crippen molar-refractivity contribution in [2.24, 2.45) is 5.41 Å². The zero-order valence-corrected chi connectivity index (χ0v) is 13.7. The fraction of sp³-hybridized carbons (Fsp3) is 1.00. The molecule has 0 aromatic carbocycles. The van der Waals surface area contributed by atoms with E-state index in [0.717, 1.165) is 45.5 Å². The van der Waals surface area contributed by atoms with Gasteiger partial charge < -0.3 is 14.2 Å². The van der Waals surface area contributed by atoms with E-state index in [1.165, 1.54) is 12.8 Å². The van der Waals surface area contributed by atoms with Crippen LogP contribution in [0.1, 0.15) is 66.2 Å². The summed E-state index contributed by atoms with van der Waals surface area (Å²) in [5.41, 5.74) is 0.156. The smallest absolute Gasteiger partial charge is 0.104 e. The lowest BCUT2D eigenvalue weighted by molar-refractivity contribution is -0.240. The van der Waals surface area contributed by atoms with Crippen LogP contribution in [-0.2, 0) is 14.2 Å². The fourth-order valence-electron chi connectivity index (χ4n) is 4.43. The van der Waals surface area contributed by atoms with E-state index in [1.807, 2.05) is 0 Å². The minimum Gasteiger partial charge on any atom is -0.375 e. The Bertz CT molecular complexity index is 297. The Balaban J connectivity index is 2.21. The van der Waals surface area contributed by atoms with Gasteiger partial charge in [-0.1, -0.05) is 34.1 Å². The molecule has 2 rings (SSSR count). The average Bonchev–Trinajstić information content (AvgIpc) is 3.30. The largest absolute Gasteiger partial charge is 0.375 e. The molecule has 0 bridgehead atoms. The van der Waals surface area contributed by atoms with Crippen LogP contribution in [0.25, 0.3) is 0 Å². The van der Waals surface area contributed by atoms with Crippen molar-refractivity contribution in [3.05, 3.63) is 0 Å². The van der Waals surface area contributed by atoms with Crippen LogP contribution < -0.4 is 0 Å². The zero-order valence-electron chi connectivity index (χ0n) is 13.7. The third-order valence-corrected chi connectivity index (χ3v) is 5.64. The van der Waals surface area contributed by atoms with Gasteiger partial charge in [-0.2, -0.15) is 0 Å². The van der Waals surface area contributed by atoms with Gasteiger partial charge in [-0.3, -0.25) is 0 Å². The van der Waals surface area contributed by atoms with E-state index in [0.29, 0.717) is 12.2 Å². The van der Waals surface area contributed by atoms with Crippen molar-refractivity contribution in [3.8, 4) is 0 Å². The highest BCUT2D eigenvalue weighted by molar-refractivity contribution is 5.05. The van der Waals surface area contributed by atoms with E-state index in [4.69, 9.17) is 14.2 Å². The first-order valence-electron chi connectivity index (χ1n) is 8.55. The molecule has 2 aliphatic heterocycles. The maximum Gasteiger partial charge on any atom is 0.104 e. The second kappa shape index (κ2) is 6.76. The lowest BCUT2D eigenvalue weighted by Crippen LogP contribution is -2.60. The topological polar surface area (TPSA) is 31.0 Å². The summed E-state index contributed by atoms with van der Waals surface area (Å²) in [6.07, 6.45) is 7.40. The fourth-order valence-corrected chi connectivity index (χ4v) is 4.43. The summed E-state index contributed by atoms with van der Waals surface area (Å²) in [7, 11) is 0. The predicted molar refractivity (Wildman–Crippen MR) is 81.0 cm³/mol. The molecule has 3 atom stereocenters. The molecule has 0 amide bonds. The number of hydrogen-bond acceptors (Lipinski definition) is 3. The first-order chi connectivity index (χ1) is 9.68. The lowest BCUT2D eigenvalue weighted by atomic mass is 9.59. The highest BCUT2D eigenvalue weighted by Crippen LogP contribution is 2.53. The number of rotatable bonds is 8. The molecule has 2 heterocycles. The Morgan fingerprint density at radius 3 is 2.30 bits per heavy atom. The van der Waals surface area contributed by atoms with Crippen LogP contribution in [0.3, 0.4) is 0 Å².